The first-order valence-corrected chi connectivity index (χ1v) is 6.58. The fourth-order valence-corrected chi connectivity index (χ4v) is 2.93. The van der Waals surface area contributed by atoms with Crippen molar-refractivity contribution in [3.63, 3.8) is 0 Å². The maximum absolute atomic E-state index is 11.6. The van der Waals surface area contributed by atoms with Crippen molar-refractivity contribution in [1.82, 2.24) is 9.97 Å². The van der Waals surface area contributed by atoms with Crippen LogP contribution in [0.1, 0.15) is 5.56 Å². The molecule has 0 aliphatic carbocycles. The summed E-state index contributed by atoms with van der Waals surface area (Å²) in [6.07, 6.45) is 1.42. The van der Waals surface area contributed by atoms with E-state index < -0.39 is 0 Å². The van der Waals surface area contributed by atoms with Crippen molar-refractivity contribution >= 4 is 33.2 Å². The number of benzene rings is 1. The predicted octanol–water partition coefficient (Wildman–Crippen LogP) is 3.61. The maximum Gasteiger partial charge on any atom is 0.268 e. The minimum atomic E-state index is -0.0954. The first-order chi connectivity index (χ1) is 8.65. The molecule has 0 radical (unpaired) electrons. The van der Waals surface area contributed by atoms with E-state index in [-0.39, 0.29) is 5.56 Å². The Morgan fingerprint density at radius 3 is 2.89 bits per heavy atom. The van der Waals surface area contributed by atoms with E-state index in [1.807, 2.05) is 31.2 Å². The first kappa shape index (κ1) is 11.4. The minimum absolute atomic E-state index is 0.0954. The van der Waals surface area contributed by atoms with Gasteiger partial charge < -0.3 is 4.98 Å². The van der Waals surface area contributed by atoms with Crippen LogP contribution in [0.25, 0.3) is 20.7 Å². The Morgan fingerprint density at radius 2 is 2.17 bits per heavy atom. The third-order valence-electron chi connectivity index (χ3n) is 2.76. The topological polar surface area (TPSA) is 45.8 Å². The second kappa shape index (κ2) is 4.23. The van der Waals surface area contributed by atoms with E-state index in [2.05, 4.69) is 9.97 Å². The molecule has 0 bridgehead atoms. The summed E-state index contributed by atoms with van der Waals surface area (Å²) < 4.78 is 0.653. The number of halogens is 1. The lowest BCUT2D eigenvalue weighted by Crippen LogP contribution is -2.02. The normalized spacial score (nSPS) is 11.0. The zero-order valence-corrected chi connectivity index (χ0v) is 11.1. The van der Waals surface area contributed by atoms with E-state index in [0.717, 1.165) is 26.5 Å². The molecule has 2 heterocycles. The number of hydrogen-bond donors (Lipinski definition) is 1. The summed E-state index contributed by atoms with van der Waals surface area (Å²) in [7, 11) is 0. The Morgan fingerprint density at radius 1 is 1.33 bits per heavy atom. The van der Waals surface area contributed by atoms with Gasteiger partial charge in [0.1, 0.15) is 4.70 Å². The average Bonchev–Trinajstić information content (AvgIpc) is 2.78. The molecule has 1 N–H and O–H groups in total. The van der Waals surface area contributed by atoms with E-state index in [4.69, 9.17) is 11.6 Å². The molecular weight excluding hydrogens is 268 g/mol. The predicted molar refractivity (Wildman–Crippen MR) is 75.4 cm³/mol. The molecule has 5 heteroatoms. The number of aromatic nitrogens is 2. The molecule has 3 rings (SSSR count). The number of H-pyrrole nitrogens is 1. The summed E-state index contributed by atoms with van der Waals surface area (Å²) >= 11 is 7.45. The van der Waals surface area contributed by atoms with Crippen molar-refractivity contribution in [2.24, 2.45) is 0 Å². The number of nitrogens with one attached hydrogen (secondary N) is 1. The second-order valence-corrected chi connectivity index (χ2v) is 5.48. The van der Waals surface area contributed by atoms with Gasteiger partial charge in [-0.05, 0) is 36.2 Å². The highest BCUT2D eigenvalue weighted by Crippen LogP contribution is 2.32. The molecule has 90 valence electrons. The lowest BCUT2D eigenvalue weighted by molar-refractivity contribution is 1.18. The zero-order chi connectivity index (χ0) is 12.7. The van der Waals surface area contributed by atoms with Gasteiger partial charge in [-0.1, -0.05) is 17.7 Å². The molecule has 0 atom stereocenters. The van der Waals surface area contributed by atoms with Gasteiger partial charge in [0.2, 0.25) is 0 Å². The molecule has 1 aromatic carbocycles. The van der Waals surface area contributed by atoms with Crippen LogP contribution in [0, 0.1) is 6.92 Å². The van der Waals surface area contributed by atoms with E-state index >= 15 is 0 Å². The molecule has 0 aliphatic heterocycles. The van der Waals surface area contributed by atoms with E-state index in [1.165, 1.54) is 17.7 Å². The summed E-state index contributed by atoms with van der Waals surface area (Å²) in [6, 6.07) is 7.77. The van der Waals surface area contributed by atoms with Gasteiger partial charge in [-0.3, -0.25) is 4.79 Å². The Hall–Kier alpha value is -1.65. The van der Waals surface area contributed by atoms with Crippen LogP contribution < -0.4 is 5.56 Å². The molecule has 3 aromatic rings. The number of nitrogens with zero attached hydrogens (tertiary/aromatic N) is 1. The molecule has 0 fully saturated rings. The third-order valence-corrected chi connectivity index (χ3v) is 4.36. The monoisotopic (exact) mass is 276 g/mol. The smallest absolute Gasteiger partial charge is 0.268 e. The maximum atomic E-state index is 11.6. The second-order valence-electron chi connectivity index (χ2n) is 4.02. The molecule has 0 aliphatic rings. The van der Waals surface area contributed by atoms with Gasteiger partial charge in [-0.2, -0.15) is 0 Å². The SMILES string of the molecule is Cc1cc(-c2cc3nc[nH]c(=O)c3s2)ccc1Cl. The number of thiophene rings is 1. The van der Waals surface area contributed by atoms with Crippen LogP contribution in [0.5, 0.6) is 0 Å². The standard InChI is InChI=1S/C13H9ClN2OS/c1-7-4-8(2-3-9(7)14)11-5-10-12(18-11)13(17)16-6-15-10/h2-6H,1H3,(H,15,16,17). The molecule has 3 nitrogen and oxygen atoms in total. The molecule has 0 saturated carbocycles. The Balaban J connectivity index is 2.22. The quantitative estimate of drug-likeness (QED) is 0.738. The van der Waals surface area contributed by atoms with Gasteiger partial charge in [-0.15, -0.1) is 11.3 Å². The van der Waals surface area contributed by atoms with Crippen LogP contribution >= 0.6 is 22.9 Å². The van der Waals surface area contributed by atoms with Crippen LogP contribution in [-0.4, -0.2) is 9.97 Å². The van der Waals surface area contributed by atoms with Crippen molar-refractivity contribution in [3.05, 3.63) is 51.5 Å². The first-order valence-electron chi connectivity index (χ1n) is 5.39. The third kappa shape index (κ3) is 1.83. The van der Waals surface area contributed by atoms with Crippen molar-refractivity contribution in [2.45, 2.75) is 6.92 Å². The number of rotatable bonds is 1. The number of aromatic amines is 1. The zero-order valence-electron chi connectivity index (χ0n) is 9.53. The summed E-state index contributed by atoms with van der Waals surface area (Å²) in [5.41, 5.74) is 2.71. The van der Waals surface area contributed by atoms with Crippen LogP contribution in [0.3, 0.4) is 0 Å². The fourth-order valence-electron chi connectivity index (χ4n) is 1.81. The van der Waals surface area contributed by atoms with Crippen LogP contribution in [0.15, 0.2) is 35.4 Å². The van der Waals surface area contributed by atoms with Gasteiger partial charge in [0.05, 0.1) is 11.8 Å². The molecule has 18 heavy (non-hydrogen) atoms. The molecule has 0 spiro atoms. The van der Waals surface area contributed by atoms with Gasteiger partial charge in [-0.25, -0.2) is 4.98 Å². The molecule has 0 amide bonds. The number of hydrogen-bond acceptors (Lipinski definition) is 3. The Kier molecular flexibility index (Phi) is 2.69. The van der Waals surface area contributed by atoms with Gasteiger partial charge in [0.25, 0.3) is 5.56 Å². The highest BCUT2D eigenvalue weighted by Gasteiger charge is 2.08. The highest BCUT2D eigenvalue weighted by molar-refractivity contribution is 7.22. The summed E-state index contributed by atoms with van der Waals surface area (Å²) in [6.45, 7) is 1.96. The van der Waals surface area contributed by atoms with E-state index in [1.54, 1.807) is 0 Å². The van der Waals surface area contributed by atoms with Gasteiger partial charge in [0, 0.05) is 9.90 Å². The minimum Gasteiger partial charge on any atom is -0.312 e. The van der Waals surface area contributed by atoms with Crippen LogP contribution in [0.2, 0.25) is 5.02 Å². The van der Waals surface area contributed by atoms with Crippen molar-refractivity contribution < 1.29 is 0 Å². The van der Waals surface area contributed by atoms with Crippen molar-refractivity contribution in [2.75, 3.05) is 0 Å². The summed E-state index contributed by atoms with van der Waals surface area (Å²) in [5, 5.41) is 0.746. The number of fused-ring (bicyclic) bond motifs is 1. The van der Waals surface area contributed by atoms with Crippen molar-refractivity contribution in [3.8, 4) is 10.4 Å². The molecule has 2 aromatic heterocycles. The van der Waals surface area contributed by atoms with Crippen LogP contribution in [0.4, 0.5) is 0 Å². The lowest BCUT2D eigenvalue weighted by atomic mass is 10.1. The molecular formula is C13H9ClN2OS. The molecule has 0 unspecified atom stereocenters. The molecule has 0 saturated heterocycles. The Bertz CT molecular complexity index is 791. The van der Waals surface area contributed by atoms with Crippen molar-refractivity contribution in [1.29, 1.82) is 0 Å². The average molecular weight is 277 g/mol. The van der Waals surface area contributed by atoms with E-state index in [0.29, 0.717) is 4.70 Å². The lowest BCUT2D eigenvalue weighted by Gasteiger charge is -2.00. The van der Waals surface area contributed by atoms with Crippen LogP contribution in [-0.2, 0) is 0 Å². The summed E-state index contributed by atoms with van der Waals surface area (Å²) in [4.78, 5) is 19.4. The van der Waals surface area contributed by atoms with E-state index in [9.17, 15) is 4.79 Å². The Labute approximate surface area is 112 Å². The number of aryl methyl sites for hydroxylation is 1. The van der Waals surface area contributed by atoms with Gasteiger partial charge in [0.15, 0.2) is 0 Å². The summed E-state index contributed by atoms with van der Waals surface area (Å²) in [5.74, 6) is 0. The highest BCUT2D eigenvalue weighted by atomic mass is 35.5. The fraction of sp³-hybridized carbons (Fsp3) is 0.0769. The largest absolute Gasteiger partial charge is 0.312 e. The van der Waals surface area contributed by atoms with Gasteiger partial charge >= 0.3 is 0 Å².